The Labute approximate surface area is 118 Å². The van der Waals surface area contributed by atoms with E-state index >= 15 is 0 Å². The summed E-state index contributed by atoms with van der Waals surface area (Å²) in [7, 11) is 1.32. The van der Waals surface area contributed by atoms with Crippen molar-refractivity contribution in [3.05, 3.63) is 29.6 Å². The Morgan fingerprint density at radius 1 is 1.35 bits per heavy atom. The quantitative estimate of drug-likeness (QED) is 0.860. The largest absolute Gasteiger partial charge is 0.469 e. The lowest BCUT2D eigenvalue weighted by Crippen LogP contribution is -2.51. The van der Waals surface area contributed by atoms with E-state index in [-0.39, 0.29) is 11.5 Å². The fourth-order valence-corrected chi connectivity index (χ4v) is 1.75. The molecule has 0 aromatic heterocycles. The fraction of sp³-hybridized carbons (Fsp3) is 0.467. The van der Waals surface area contributed by atoms with Crippen molar-refractivity contribution in [1.82, 2.24) is 0 Å². The SMILES string of the molecule is COC(=O)C(C)(C)C(C)(C)Nc1cccc(F)c1C#N. The number of nitriles is 1. The molecule has 0 amide bonds. The Morgan fingerprint density at radius 3 is 2.45 bits per heavy atom. The van der Waals surface area contributed by atoms with Crippen molar-refractivity contribution < 1.29 is 13.9 Å². The first-order chi connectivity index (χ1) is 9.17. The third-order valence-corrected chi connectivity index (χ3v) is 3.83. The van der Waals surface area contributed by atoms with Crippen molar-refractivity contribution >= 4 is 11.7 Å². The molecule has 0 radical (unpaired) electrons. The first-order valence-electron chi connectivity index (χ1n) is 6.22. The molecule has 0 saturated carbocycles. The number of hydrogen-bond donors (Lipinski definition) is 1. The van der Waals surface area contributed by atoms with Gasteiger partial charge in [0.05, 0.1) is 18.2 Å². The van der Waals surface area contributed by atoms with Gasteiger partial charge in [0.15, 0.2) is 0 Å². The summed E-state index contributed by atoms with van der Waals surface area (Å²) in [6, 6.07) is 6.17. The number of rotatable bonds is 4. The average molecular weight is 278 g/mol. The Kier molecular flexibility index (Phi) is 4.39. The summed E-state index contributed by atoms with van der Waals surface area (Å²) >= 11 is 0. The van der Waals surface area contributed by atoms with Crippen molar-refractivity contribution in [2.75, 3.05) is 12.4 Å². The number of halogens is 1. The fourth-order valence-electron chi connectivity index (χ4n) is 1.75. The van der Waals surface area contributed by atoms with Crippen LogP contribution in [-0.4, -0.2) is 18.6 Å². The number of esters is 1. The summed E-state index contributed by atoms with van der Waals surface area (Å²) in [6.07, 6.45) is 0. The maximum atomic E-state index is 13.6. The van der Waals surface area contributed by atoms with Gasteiger partial charge in [0.1, 0.15) is 17.4 Å². The summed E-state index contributed by atoms with van der Waals surface area (Å²) in [5.74, 6) is -0.978. The minimum Gasteiger partial charge on any atom is -0.469 e. The van der Waals surface area contributed by atoms with Crippen LogP contribution in [0.5, 0.6) is 0 Å². The molecule has 4 nitrogen and oxygen atoms in total. The first kappa shape index (κ1) is 16.0. The summed E-state index contributed by atoms with van der Waals surface area (Å²) in [6.45, 7) is 7.07. The monoisotopic (exact) mass is 278 g/mol. The highest BCUT2D eigenvalue weighted by molar-refractivity contribution is 5.78. The molecule has 1 aromatic carbocycles. The molecule has 0 aliphatic carbocycles. The second kappa shape index (κ2) is 5.49. The van der Waals surface area contributed by atoms with Gasteiger partial charge in [-0.1, -0.05) is 6.07 Å². The molecule has 0 bridgehead atoms. The molecule has 0 aliphatic rings. The summed E-state index contributed by atoms with van der Waals surface area (Å²) in [5, 5.41) is 12.1. The second-order valence-corrected chi connectivity index (χ2v) is 5.64. The molecule has 0 unspecified atom stereocenters. The first-order valence-corrected chi connectivity index (χ1v) is 6.22. The van der Waals surface area contributed by atoms with Crippen LogP contribution in [0.4, 0.5) is 10.1 Å². The van der Waals surface area contributed by atoms with Gasteiger partial charge < -0.3 is 10.1 Å². The third kappa shape index (κ3) is 2.74. The molecular weight excluding hydrogens is 259 g/mol. The molecule has 0 spiro atoms. The Morgan fingerprint density at radius 2 is 1.95 bits per heavy atom. The smallest absolute Gasteiger partial charge is 0.313 e. The number of anilines is 1. The van der Waals surface area contributed by atoms with Crippen LogP contribution in [0.25, 0.3) is 0 Å². The number of nitrogens with zero attached hydrogens (tertiary/aromatic N) is 1. The number of methoxy groups -OCH3 is 1. The number of ether oxygens (including phenoxy) is 1. The predicted molar refractivity (Wildman–Crippen MR) is 74.6 cm³/mol. The number of hydrogen-bond acceptors (Lipinski definition) is 4. The number of benzene rings is 1. The summed E-state index contributed by atoms with van der Waals surface area (Å²) in [4.78, 5) is 11.9. The van der Waals surface area contributed by atoms with E-state index in [9.17, 15) is 9.18 Å². The van der Waals surface area contributed by atoms with Gasteiger partial charge in [-0.2, -0.15) is 5.26 Å². The van der Waals surface area contributed by atoms with Crippen LogP contribution < -0.4 is 5.32 Å². The van der Waals surface area contributed by atoms with Gasteiger partial charge in [0.25, 0.3) is 0 Å². The van der Waals surface area contributed by atoms with Crippen molar-refractivity contribution in [2.24, 2.45) is 5.41 Å². The average Bonchev–Trinajstić information content (AvgIpc) is 2.37. The number of nitrogens with one attached hydrogen (secondary N) is 1. The lowest BCUT2D eigenvalue weighted by molar-refractivity contribution is -0.153. The van der Waals surface area contributed by atoms with E-state index in [1.807, 2.05) is 6.07 Å². The number of carbonyl (C=O) groups excluding carboxylic acids is 1. The van der Waals surface area contributed by atoms with E-state index in [1.54, 1.807) is 33.8 Å². The highest BCUT2D eigenvalue weighted by atomic mass is 19.1. The molecule has 0 atom stereocenters. The molecule has 0 saturated heterocycles. The summed E-state index contributed by atoms with van der Waals surface area (Å²) in [5.41, 5.74) is -1.31. The van der Waals surface area contributed by atoms with Crippen LogP contribution in [0.1, 0.15) is 33.3 Å². The normalized spacial score (nSPS) is 11.7. The molecule has 0 fully saturated rings. The van der Waals surface area contributed by atoms with Crippen molar-refractivity contribution in [1.29, 1.82) is 5.26 Å². The Balaban J connectivity index is 3.19. The molecule has 108 valence electrons. The highest BCUT2D eigenvalue weighted by Crippen LogP contribution is 2.35. The van der Waals surface area contributed by atoms with Gasteiger partial charge >= 0.3 is 5.97 Å². The van der Waals surface area contributed by atoms with Crippen molar-refractivity contribution in [3.8, 4) is 6.07 Å². The second-order valence-electron chi connectivity index (χ2n) is 5.64. The van der Waals surface area contributed by atoms with Gasteiger partial charge in [0.2, 0.25) is 0 Å². The Hall–Kier alpha value is -2.09. The van der Waals surface area contributed by atoms with Crippen molar-refractivity contribution in [3.63, 3.8) is 0 Å². The third-order valence-electron chi connectivity index (χ3n) is 3.83. The van der Waals surface area contributed by atoms with E-state index in [0.29, 0.717) is 5.69 Å². The standard InChI is InChI=1S/C15H19FN2O2/c1-14(2,13(19)20-5)15(3,4)18-12-8-6-7-11(16)10(12)9-17/h6-8,18H,1-5H3. The van der Waals surface area contributed by atoms with Crippen LogP contribution >= 0.6 is 0 Å². The molecule has 0 aliphatic heterocycles. The Bertz CT molecular complexity index is 559. The van der Waals surface area contributed by atoms with E-state index < -0.39 is 16.8 Å². The maximum absolute atomic E-state index is 13.6. The van der Waals surface area contributed by atoms with E-state index in [2.05, 4.69) is 5.32 Å². The van der Waals surface area contributed by atoms with Crippen LogP contribution in [0.3, 0.4) is 0 Å². The number of carbonyl (C=O) groups is 1. The zero-order valence-electron chi connectivity index (χ0n) is 12.4. The topological polar surface area (TPSA) is 62.1 Å². The van der Waals surface area contributed by atoms with Crippen molar-refractivity contribution in [2.45, 2.75) is 33.2 Å². The molecule has 0 heterocycles. The van der Waals surface area contributed by atoms with E-state index in [4.69, 9.17) is 10.00 Å². The molecular formula is C15H19FN2O2. The minimum absolute atomic E-state index is 0.0683. The van der Waals surface area contributed by atoms with Gasteiger partial charge in [-0.3, -0.25) is 4.79 Å². The van der Waals surface area contributed by atoms with Gasteiger partial charge in [-0.05, 0) is 39.8 Å². The lowest BCUT2D eigenvalue weighted by atomic mass is 9.74. The van der Waals surface area contributed by atoms with Crippen LogP contribution in [-0.2, 0) is 9.53 Å². The van der Waals surface area contributed by atoms with Crippen LogP contribution in [0, 0.1) is 22.6 Å². The predicted octanol–water partition coefficient (Wildman–Crippen LogP) is 3.09. The van der Waals surface area contributed by atoms with Gasteiger partial charge in [0, 0.05) is 5.54 Å². The van der Waals surface area contributed by atoms with Crippen LogP contribution in [0.15, 0.2) is 18.2 Å². The molecule has 1 rings (SSSR count). The zero-order chi connectivity index (χ0) is 15.6. The van der Waals surface area contributed by atoms with Crippen LogP contribution in [0.2, 0.25) is 0 Å². The summed E-state index contributed by atoms with van der Waals surface area (Å²) < 4.78 is 18.4. The minimum atomic E-state index is -0.860. The maximum Gasteiger partial charge on any atom is 0.313 e. The van der Waals surface area contributed by atoms with E-state index in [0.717, 1.165) is 0 Å². The zero-order valence-corrected chi connectivity index (χ0v) is 12.4. The molecule has 20 heavy (non-hydrogen) atoms. The van der Waals surface area contributed by atoms with Gasteiger partial charge in [-0.25, -0.2) is 4.39 Å². The molecule has 5 heteroatoms. The van der Waals surface area contributed by atoms with Gasteiger partial charge in [-0.15, -0.1) is 0 Å². The molecule has 1 aromatic rings. The highest BCUT2D eigenvalue weighted by Gasteiger charge is 2.44. The molecule has 1 N–H and O–H groups in total. The lowest BCUT2D eigenvalue weighted by Gasteiger charge is -2.40. The van der Waals surface area contributed by atoms with E-state index in [1.165, 1.54) is 19.2 Å².